The van der Waals surface area contributed by atoms with E-state index in [1.54, 1.807) is 12.1 Å². The maximum Gasteiger partial charge on any atom is 0.265 e. The van der Waals surface area contributed by atoms with Crippen molar-refractivity contribution < 1.29 is 9.53 Å². The van der Waals surface area contributed by atoms with Gasteiger partial charge in [-0.05, 0) is 51.6 Å². The number of carbonyl (C=O) groups excluding carboxylic acids is 1. The van der Waals surface area contributed by atoms with Gasteiger partial charge < -0.3 is 4.74 Å². The summed E-state index contributed by atoms with van der Waals surface area (Å²) in [6.45, 7) is 3.60. The molecule has 2 N–H and O–H groups in total. The number of rotatable bonds is 13. The number of hydrazine groups is 1. The summed E-state index contributed by atoms with van der Waals surface area (Å²) >= 11 is 0. The van der Waals surface area contributed by atoms with Gasteiger partial charge in [-0.25, -0.2) is 5.43 Å². The Labute approximate surface area is 247 Å². The van der Waals surface area contributed by atoms with E-state index in [9.17, 15) is 4.79 Å². The first-order valence-electron chi connectivity index (χ1n) is 14.5. The number of carbonyl (C=O) groups is 1. The predicted octanol–water partition coefficient (Wildman–Crippen LogP) is 6.58. The summed E-state index contributed by atoms with van der Waals surface area (Å²) in [5, 5.41) is 0. The Hall–Kier alpha value is -4.71. The molecular formula is C37H35N3O2. The lowest BCUT2D eigenvalue weighted by molar-refractivity contribution is 0.0931. The highest BCUT2D eigenvalue weighted by Crippen LogP contribution is 2.44. The van der Waals surface area contributed by atoms with Gasteiger partial charge in [0.05, 0.1) is 0 Å². The minimum atomic E-state index is -0.179. The molecule has 6 rings (SSSR count). The van der Waals surface area contributed by atoms with Gasteiger partial charge in [0.25, 0.3) is 5.91 Å². The standard InChI is InChI=1S/C37H35N3O2/c41-37(39-38-25-36-31-19-20-34(35(36)24-31)30-15-8-3-9-16-30)32-17-10-18-33(23-32)42-22-21-40(26-28-11-4-1-5-12-28)27-29-13-6-2-7-14-29/h1-20,23-24,36,38H,21-22,25-27H2,(H,39,41). The normalized spacial score (nSPS) is 15.3. The fraction of sp³-hybridized carbons (Fsp3) is 0.162. The average molecular weight is 554 g/mol. The maximum absolute atomic E-state index is 12.9. The zero-order valence-corrected chi connectivity index (χ0v) is 23.6. The molecule has 2 bridgehead atoms. The topological polar surface area (TPSA) is 53.6 Å². The predicted molar refractivity (Wildman–Crippen MR) is 168 cm³/mol. The molecule has 210 valence electrons. The van der Waals surface area contributed by atoms with Crippen LogP contribution in [-0.2, 0) is 13.1 Å². The van der Waals surface area contributed by atoms with E-state index in [1.807, 2.05) is 30.3 Å². The van der Waals surface area contributed by atoms with Crippen LogP contribution in [0.4, 0.5) is 0 Å². The lowest BCUT2D eigenvalue weighted by atomic mass is 9.71. The van der Waals surface area contributed by atoms with Gasteiger partial charge in [0.2, 0.25) is 0 Å². The zero-order chi connectivity index (χ0) is 28.6. The van der Waals surface area contributed by atoms with Crippen molar-refractivity contribution in [3.63, 3.8) is 0 Å². The van der Waals surface area contributed by atoms with Gasteiger partial charge in [0, 0.05) is 37.7 Å². The molecule has 42 heavy (non-hydrogen) atoms. The Morgan fingerprint density at radius 2 is 1.43 bits per heavy atom. The monoisotopic (exact) mass is 553 g/mol. The lowest BCUT2D eigenvalue weighted by Gasteiger charge is -2.35. The van der Waals surface area contributed by atoms with Crippen LogP contribution in [0.3, 0.4) is 0 Å². The Bertz CT molecular complexity index is 1550. The molecule has 4 aromatic rings. The summed E-state index contributed by atoms with van der Waals surface area (Å²) in [5.74, 6) is 0.778. The van der Waals surface area contributed by atoms with Crippen molar-refractivity contribution in [3.8, 4) is 5.75 Å². The number of hydrogen-bond donors (Lipinski definition) is 2. The largest absolute Gasteiger partial charge is 0.492 e. The van der Waals surface area contributed by atoms with E-state index < -0.39 is 0 Å². The molecule has 0 aliphatic heterocycles. The van der Waals surface area contributed by atoms with Gasteiger partial charge in [-0.3, -0.25) is 15.1 Å². The van der Waals surface area contributed by atoms with E-state index in [-0.39, 0.29) is 11.8 Å². The number of ether oxygens (including phenoxy) is 1. The second-order valence-corrected chi connectivity index (χ2v) is 10.7. The summed E-state index contributed by atoms with van der Waals surface area (Å²) in [6, 6.07) is 38.8. The summed E-state index contributed by atoms with van der Waals surface area (Å²) in [4.78, 5) is 15.3. The molecule has 1 unspecified atom stereocenters. The highest BCUT2D eigenvalue weighted by molar-refractivity contribution is 5.94. The number of hydrogen-bond acceptors (Lipinski definition) is 4. The summed E-state index contributed by atoms with van der Waals surface area (Å²) in [7, 11) is 0. The first kappa shape index (κ1) is 27.5. The molecule has 2 aliphatic rings. The van der Waals surface area contributed by atoms with Crippen LogP contribution in [0.1, 0.15) is 27.0 Å². The van der Waals surface area contributed by atoms with Crippen molar-refractivity contribution in [1.29, 1.82) is 0 Å². The lowest BCUT2D eigenvalue weighted by Crippen LogP contribution is -2.42. The molecular weight excluding hydrogens is 518 g/mol. The fourth-order valence-electron chi connectivity index (χ4n) is 5.50. The van der Waals surface area contributed by atoms with E-state index in [0.717, 1.165) is 19.6 Å². The van der Waals surface area contributed by atoms with Gasteiger partial charge in [-0.2, -0.15) is 0 Å². The van der Waals surface area contributed by atoms with E-state index in [2.05, 4.69) is 107 Å². The molecule has 0 heterocycles. The van der Waals surface area contributed by atoms with E-state index in [4.69, 9.17) is 4.74 Å². The van der Waals surface area contributed by atoms with Crippen LogP contribution in [0.5, 0.6) is 5.75 Å². The van der Waals surface area contributed by atoms with Crippen molar-refractivity contribution in [1.82, 2.24) is 15.8 Å². The van der Waals surface area contributed by atoms with Crippen LogP contribution < -0.4 is 15.6 Å². The quantitative estimate of drug-likeness (QED) is 0.184. The first-order valence-corrected chi connectivity index (χ1v) is 14.5. The second-order valence-electron chi connectivity index (χ2n) is 10.7. The molecule has 1 atom stereocenters. The molecule has 0 saturated carbocycles. The van der Waals surface area contributed by atoms with Gasteiger partial charge >= 0.3 is 0 Å². The highest BCUT2D eigenvalue weighted by atomic mass is 16.5. The van der Waals surface area contributed by atoms with Gasteiger partial charge in [-0.15, -0.1) is 0 Å². The third kappa shape index (κ3) is 6.77. The average Bonchev–Trinajstić information content (AvgIpc) is 3.04. The number of amides is 1. The fourth-order valence-corrected chi connectivity index (χ4v) is 5.50. The van der Waals surface area contributed by atoms with Crippen LogP contribution in [-0.4, -0.2) is 30.5 Å². The number of nitrogens with one attached hydrogen (secondary N) is 2. The van der Waals surface area contributed by atoms with Crippen molar-refractivity contribution >= 4 is 11.5 Å². The van der Waals surface area contributed by atoms with Gasteiger partial charge in [0.1, 0.15) is 12.4 Å². The van der Waals surface area contributed by atoms with Crippen molar-refractivity contribution in [2.75, 3.05) is 19.7 Å². The van der Waals surface area contributed by atoms with Crippen molar-refractivity contribution in [2.45, 2.75) is 13.1 Å². The molecule has 5 heteroatoms. The number of allylic oxidation sites excluding steroid dienone is 4. The van der Waals surface area contributed by atoms with Crippen molar-refractivity contribution in [2.24, 2.45) is 5.92 Å². The van der Waals surface area contributed by atoms with Crippen LogP contribution in [0.15, 0.2) is 145 Å². The highest BCUT2D eigenvalue weighted by Gasteiger charge is 2.31. The van der Waals surface area contributed by atoms with Crippen LogP contribution >= 0.6 is 0 Å². The Morgan fingerprint density at radius 1 is 0.762 bits per heavy atom. The van der Waals surface area contributed by atoms with E-state index in [0.29, 0.717) is 24.5 Å². The smallest absolute Gasteiger partial charge is 0.265 e. The van der Waals surface area contributed by atoms with Gasteiger partial charge in [-0.1, -0.05) is 115 Å². The Balaban J connectivity index is 0.994. The second kappa shape index (κ2) is 13.3. The van der Waals surface area contributed by atoms with E-state index in [1.165, 1.54) is 33.4 Å². The Kier molecular flexibility index (Phi) is 8.70. The molecule has 0 fully saturated rings. The molecule has 2 aliphatic carbocycles. The minimum absolute atomic E-state index is 0.179. The molecule has 0 spiro atoms. The third-order valence-corrected chi connectivity index (χ3v) is 7.72. The molecule has 5 nitrogen and oxygen atoms in total. The van der Waals surface area contributed by atoms with E-state index >= 15 is 0 Å². The molecule has 1 amide bonds. The van der Waals surface area contributed by atoms with Gasteiger partial charge in [0.15, 0.2) is 0 Å². The number of benzene rings is 4. The molecule has 0 saturated heterocycles. The number of nitrogens with zero attached hydrogens (tertiary/aromatic N) is 1. The summed E-state index contributed by atoms with van der Waals surface area (Å²) in [5.41, 5.74) is 14.2. The summed E-state index contributed by atoms with van der Waals surface area (Å²) in [6.07, 6.45) is 6.59. The van der Waals surface area contributed by atoms with Crippen LogP contribution in [0.25, 0.3) is 5.57 Å². The third-order valence-electron chi connectivity index (χ3n) is 7.72. The van der Waals surface area contributed by atoms with Crippen LogP contribution in [0, 0.1) is 5.92 Å². The molecule has 0 radical (unpaired) electrons. The zero-order valence-electron chi connectivity index (χ0n) is 23.6. The SMILES string of the molecule is O=C(NNCC1c2ccc(-c3ccccc3)c1c2)c1cccc(OCCN(Cc2ccccc2)Cc2ccccc2)c1. The first-order chi connectivity index (χ1) is 20.7. The molecule has 0 aromatic heterocycles. The minimum Gasteiger partial charge on any atom is -0.492 e. The van der Waals surface area contributed by atoms with Crippen molar-refractivity contribution in [3.05, 3.63) is 167 Å². The maximum atomic E-state index is 12.9. The summed E-state index contributed by atoms with van der Waals surface area (Å²) < 4.78 is 6.11. The number of fused-ring (bicyclic) bond motifs is 2. The Morgan fingerprint density at radius 3 is 2.10 bits per heavy atom. The van der Waals surface area contributed by atoms with Crippen LogP contribution in [0.2, 0.25) is 0 Å². The molecule has 4 aromatic carbocycles.